The second-order valence-corrected chi connectivity index (χ2v) is 5.47. The van der Waals surface area contributed by atoms with E-state index < -0.39 is 10.8 Å². The van der Waals surface area contributed by atoms with Gasteiger partial charge in [0.15, 0.2) is 0 Å². The van der Waals surface area contributed by atoms with Crippen molar-refractivity contribution >= 4 is 44.8 Å². The summed E-state index contributed by atoms with van der Waals surface area (Å²) in [6.07, 6.45) is 1.34. The summed E-state index contributed by atoms with van der Waals surface area (Å²) in [7, 11) is 0. The fraction of sp³-hybridized carbons (Fsp3) is 0.154. The van der Waals surface area contributed by atoms with Crippen molar-refractivity contribution in [2.45, 2.75) is 13.5 Å². The van der Waals surface area contributed by atoms with Gasteiger partial charge in [-0.15, -0.1) is 0 Å². The van der Waals surface area contributed by atoms with Crippen molar-refractivity contribution in [1.29, 1.82) is 0 Å². The highest BCUT2D eigenvalue weighted by molar-refractivity contribution is 9.10. The molecule has 0 aliphatic carbocycles. The summed E-state index contributed by atoms with van der Waals surface area (Å²) in [4.78, 5) is 22.5. The molecule has 8 heteroatoms. The number of aryl methyl sites for hydroxylation is 1. The smallest absolute Gasteiger partial charge is 0.287 e. The number of rotatable bonds is 4. The zero-order valence-corrected chi connectivity index (χ0v) is 13.3. The average molecular weight is 373 g/mol. The van der Waals surface area contributed by atoms with Gasteiger partial charge in [0, 0.05) is 22.8 Å². The minimum absolute atomic E-state index is 0.112. The van der Waals surface area contributed by atoms with Gasteiger partial charge in [0.25, 0.3) is 11.6 Å². The molecule has 0 spiro atoms. The van der Waals surface area contributed by atoms with E-state index in [1.54, 1.807) is 25.1 Å². The third-order valence-corrected chi connectivity index (χ3v) is 4.06. The quantitative estimate of drug-likeness (QED) is 0.649. The molecule has 0 aliphatic rings. The Labute approximate surface area is 134 Å². The molecule has 1 heterocycles. The molecule has 6 nitrogen and oxygen atoms in total. The predicted octanol–water partition coefficient (Wildman–Crippen LogP) is 4.08. The van der Waals surface area contributed by atoms with Gasteiger partial charge in [0.05, 0.1) is 16.1 Å². The van der Waals surface area contributed by atoms with E-state index in [0.717, 1.165) is 0 Å². The largest absolute Gasteiger partial charge is 0.337 e. The van der Waals surface area contributed by atoms with Crippen molar-refractivity contribution in [2.24, 2.45) is 0 Å². The van der Waals surface area contributed by atoms with Crippen LogP contribution in [0.3, 0.4) is 0 Å². The number of carbonyl (C=O) groups is 1. The standard InChI is InChI=1S/C13H11BrClN3O3/c1-2-17-7-9(18(20)21)6-12(17)13(19)16-8-3-4-11(15)10(14)5-8/h3-7H,2H2,1H3,(H,16,19). The maximum absolute atomic E-state index is 12.2. The number of anilines is 1. The van der Waals surface area contributed by atoms with Crippen molar-refractivity contribution in [1.82, 2.24) is 4.57 Å². The van der Waals surface area contributed by atoms with E-state index in [1.165, 1.54) is 16.8 Å². The second kappa shape index (κ2) is 6.28. The van der Waals surface area contributed by atoms with Gasteiger partial charge >= 0.3 is 0 Å². The summed E-state index contributed by atoms with van der Waals surface area (Å²) in [6, 6.07) is 6.21. The van der Waals surface area contributed by atoms with Crippen LogP contribution in [0.15, 0.2) is 34.9 Å². The molecule has 1 amide bonds. The predicted molar refractivity (Wildman–Crippen MR) is 83.9 cm³/mol. The molecule has 0 saturated heterocycles. The lowest BCUT2D eigenvalue weighted by Gasteiger charge is -2.08. The summed E-state index contributed by atoms with van der Waals surface area (Å²) in [6.45, 7) is 2.26. The summed E-state index contributed by atoms with van der Waals surface area (Å²) in [5.74, 6) is -0.417. The number of aromatic nitrogens is 1. The maximum atomic E-state index is 12.2. The van der Waals surface area contributed by atoms with E-state index in [1.807, 2.05) is 0 Å². The third kappa shape index (κ3) is 3.43. The highest BCUT2D eigenvalue weighted by atomic mass is 79.9. The number of hydrogen-bond donors (Lipinski definition) is 1. The fourth-order valence-electron chi connectivity index (χ4n) is 1.82. The van der Waals surface area contributed by atoms with Crippen molar-refractivity contribution < 1.29 is 9.72 Å². The molecule has 0 unspecified atom stereocenters. The lowest BCUT2D eigenvalue weighted by atomic mass is 10.3. The van der Waals surface area contributed by atoms with Gasteiger partial charge in [-0.25, -0.2) is 0 Å². The molecule has 0 aliphatic heterocycles. The lowest BCUT2D eigenvalue weighted by molar-refractivity contribution is -0.384. The van der Waals surface area contributed by atoms with Crippen LogP contribution in [0.1, 0.15) is 17.4 Å². The van der Waals surface area contributed by atoms with E-state index in [9.17, 15) is 14.9 Å². The summed E-state index contributed by atoms with van der Waals surface area (Å²) in [5.41, 5.74) is 0.664. The summed E-state index contributed by atoms with van der Waals surface area (Å²) in [5, 5.41) is 14.0. The van der Waals surface area contributed by atoms with E-state index in [-0.39, 0.29) is 11.4 Å². The number of halogens is 2. The van der Waals surface area contributed by atoms with Gasteiger partial charge in [-0.1, -0.05) is 11.6 Å². The van der Waals surface area contributed by atoms with Crippen LogP contribution in [0, 0.1) is 10.1 Å². The zero-order valence-electron chi connectivity index (χ0n) is 11.0. The molecule has 0 saturated carbocycles. The Bertz CT molecular complexity index is 715. The SMILES string of the molecule is CCn1cc([N+](=O)[O-])cc1C(=O)Nc1ccc(Cl)c(Br)c1. The Morgan fingerprint density at radius 3 is 2.76 bits per heavy atom. The van der Waals surface area contributed by atoms with Crippen LogP contribution in [-0.4, -0.2) is 15.4 Å². The van der Waals surface area contributed by atoms with Crippen LogP contribution in [-0.2, 0) is 6.54 Å². The van der Waals surface area contributed by atoms with Crippen LogP contribution < -0.4 is 5.32 Å². The Kier molecular flexibility index (Phi) is 4.64. The van der Waals surface area contributed by atoms with Gasteiger partial charge < -0.3 is 9.88 Å². The van der Waals surface area contributed by atoms with E-state index in [2.05, 4.69) is 21.2 Å². The summed E-state index contributed by atoms with van der Waals surface area (Å²) >= 11 is 9.15. The number of nitro groups is 1. The third-order valence-electron chi connectivity index (χ3n) is 2.84. The Morgan fingerprint density at radius 2 is 2.19 bits per heavy atom. The Hall–Kier alpha value is -1.86. The van der Waals surface area contributed by atoms with Gasteiger partial charge in [-0.2, -0.15) is 0 Å². The maximum Gasteiger partial charge on any atom is 0.287 e. The topological polar surface area (TPSA) is 77.2 Å². The van der Waals surface area contributed by atoms with E-state index in [0.29, 0.717) is 21.7 Å². The molecule has 1 aromatic carbocycles. The molecule has 1 aromatic heterocycles. The van der Waals surface area contributed by atoms with Crippen LogP contribution in [0.2, 0.25) is 5.02 Å². The van der Waals surface area contributed by atoms with Crippen LogP contribution >= 0.6 is 27.5 Å². The fourth-order valence-corrected chi connectivity index (χ4v) is 2.31. The van der Waals surface area contributed by atoms with Gasteiger partial charge in [0.1, 0.15) is 5.69 Å². The first-order valence-corrected chi connectivity index (χ1v) is 7.20. The molecule has 0 fully saturated rings. The molecule has 2 aromatic rings. The first kappa shape index (κ1) is 15.5. The van der Waals surface area contributed by atoms with Gasteiger partial charge in [-0.3, -0.25) is 14.9 Å². The van der Waals surface area contributed by atoms with Crippen LogP contribution in [0.5, 0.6) is 0 Å². The van der Waals surface area contributed by atoms with Crippen molar-refractivity contribution in [3.8, 4) is 0 Å². The zero-order chi connectivity index (χ0) is 15.6. The molecule has 0 radical (unpaired) electrons. The number of carbonyl (C=O) groups excluding carboxylic acids is 1. The Balaban J connectivity index is 2.27. The highest BCUT2D eigenvalue weighted by Gasteiger charge is 2.18. The minimum Gasteiger partial charge on any atom is -0.337 e. The number of amides is 1. The molecule has 21 heavy (non-hydrogen) atoms. The monoisotopic (exact) mass is 371 g/mol. The van der Waals surface area contributed by atoms with Crippen LogP contribution in [0.4, 0.5) is 11.4 Å². The first-order chi connectivity index (χ1) is 9.92. The molecule has 110 valence electrons. The molecule has 2 rings (SSSR count). The first-order valence-electron chi connectivity index (χ1n) is 6.03. The number of nitrogens with zero attached hydrogens (tertiary/aromatic N) is 2. The molecular formula is C13H11BrClN3O3. The summed E-state index contributed by atoms with van der Waals surface area (Å²) < 4.78 is 2.18. The van der Waals surface area contributed by atoms with Crippen molar-refractivity contribution in [3.05, 3.63) is 55.8 Å². The van der Waals surface area contributed by atoms with Crippen molar-refractivity contribution in [2.75, 3.05) is 5.32 Å². The second-order valence-electron chi connectivity index (χ2n) is 4.21. The van der Waals surface area contributed by atoms with E-state index >= 15 is 0 Å². The number of nitrogens with one attached hydrogen (secondary N) is 1. The molecular weight excluding hydrogens is 362 g/mol. The number of hydrogen-bond acceptors (Lipinski definition) is 3. The normalized spacial score (nSPS) is 10.4. The van der Waals surface area contributed by atoms with Gasteiger partial charge in [-0.05, 0) is 41.1 Å². The average Bonchev–Trinajstić information content (AvgIpc) is 2.87. The Morgan fingerprint density at radius 1 is 1.48 bits per heavy atom. The van der Waals surface area contributed by atoms with Crippen LogP contribution in [0.25, 0.3) is 0 Å². The van der Waals surface area contributed by atoms with E-state index in [4.69, 9.17) is 11.6 Å². The van der Waals surface area contributed by atoms with Gasteiger partial charge in [0.2, 0.25) is 0 Å². The lowest BCUT2D eigenvalue weighted by Crippen LogP contribution is -2.16. The highest BCUT2D eigenvalue weighted by Crippen LogP contribution is 2.26. The molecule has 0 atom stereocenters. The van der Waals surface area contributed by atoms with Crippen molar-refractivity contribution in [3.63, 3.8) is 0 Å². The number of benzene rings is 1. The molecule has 1 N–H and O–H groups in total. The minimum atomic E-state index is -0.526. The molecule has 0 bridgehead atoms.